The first kappa shape index (κ1) is 20.7. The molecule has 146 valence electrons. The Morgan fingerprint density at radius 2 is 1.74 bits per heavy atom. The van der Waals surface area contributed by atoms with Gasteiger partial charge in [-0.05, 0) is 52.2 Å². The molecule has 1 heterocycles. The first-order valence-electron chi connectivity index (χ1n) is 9.45. The molecule has 0 radical (unpaired) electrons. The number of benzene rings is 1. The Morgan fingerprint density at radius 3 is 2.30 bits per heavy atom. The third-order valence-corrected chi connectivity index (χ3v) is 4.96. The van der Waals surface area contributed by atoms with Crippen LogP contribution in [0.15, 0.2) is 30.3 Å². The normalized spacial score (nSPS) is 11.3. The van der Waals surface area contributed by atoms with Gasteiger partial charge in [-0.1, -0.05) is 37.3 Å². The lowest BCUT2D eigenvalue weighted by molar-refractivity contribution is -0.123. The average Bonchev–Trinajstić information content (AvgIpc) is 2.85. The molecule has 2 rings (SSSR count). The van der Waals surface area contributed by atoms with Crippen molar-refractivity contribution in [2.24, 2.45) is 0 Å². The molecule has 0 atom stereocenters. The smallest absolute Gasteiger partial charge is 0.340 e. The van der Waals surface area contributed by atoms with E-state index >= 15 is 0 Å². The summed E-state index contributed by atoms with van der Waals surface area (Å²) in [5, 5.41) is 3.07. The highest BCUT2D eigenvalue weighted by Gasteiger charge is 2.26. The summed E-state index contributed by atoms with van der Waals surface area (Å²) in [6.45, 7) is 12.1. The van der Waals surface area contributed by atoms with Crippen LogP contribution < -0.4 is 5.32 Å². The van der Waals surface area contributed by atoms with Crippen LogP contribution in [0.3, 0.4) is 0 Å². The van der Waals surface area contributed by atoms with Gasteiger partial charge in [-0.15, -0.1) is 0 Å². The van der Waals surface area contributed by atoms with Crippen molar-refractivity contribution in [2.45, 2.75) is 60.0 Å². The van der Waals surface area contributed by atoms with Crippen LogP contribution in [0.25, 0.3) is 11.3 Å². The number of rotatable bonds is 7. The zero-order valence-corrected chi connectivity index (χ0v) is 17.2. The van der Waals surface area contributed by atoms with E-state index in [-0.39, 0.29) is 24.0 Å². The maximum absolute atomic E-state index is 12.7. The van der Waals surface area contributed by atoms with Gasteiger partial charge >= 0.3 is 5.97 Å². The highest BCUT2D eigenvalue weighted by molar-refractivity contribution is 5.95. The van der Waals surface area contributed by atoms with Crippen molar-refractivity contribution < 1.29 is 14.3 Å². The number of ether oxygens (including phenoxy) is 1. The van der Waals surface area contributed by atoms with Crippen molar-refractivity contribution in [2.75, 3.05) is 6.61 Å². The third kappa shape index (κ3) is 4.59. The molecular weight excluding hydrogens is 340 g/mol. The minimum atomic E-state index is -0.349. The number of nitrogens with one attached hydrogen (secondary N) is 1. The minimum absolute atomic E-state index is 0.0764. The topological polar surface area (TPSA) is 60.3 Å². The van der Waals surface area contributed by atoms with E-state index in [9.17, 15) is 9.59 Å². The largest absolute Gasteiger partial charge is 0.462 e. The molecule has 2 aromatic rings. The van der Waals surface area contributed by atoms with Gasteiger partial charge in [0.25, 0.3) is 0 Å². The maximum atomic E-state index is 12.7. The summed E-state index contributed by atoms with van der Waals surface area (Å²) in [6, 6.07) is 9.82. The average molecular weight is 370 g/mol. The van der Waals surface area contributed by atoms with E-state index in [0.29, 0.717) is 12.2 Å². The summed E-state index contributed by atoms with van der Waals surface area (Å²) in [5.41, 5.74) is 3.69. The van der Waals surface area contributed by atoms with E-state index < -0.39 is 0 Å². The Balaban J connectivity index is 2.53. The molecule has 1 amide bonds. The number of nitrogens with zero attached hydrogens (tertiary/aromatic N) is 1. The standard InChI is InChI=1S/C22H30N2O3/c1-7-22(5,6)23-18(25)14-24-16(4)19(21(26)27-8-2)15(3)20(24)17-12-10-9-11-13-17/h9-13H,7-8,14H2,1-6H3,(H,23,25). The lowest BCUT2D eigenvalue weighted by atomic mass is 10.0. The summed E-state index contributed by atoms with van der Waals surface area (Å²) in [4.78, 5) is 25.2. The third-order valence-electron chi connectivity index (χ3n) is 4.96. The molecule has 0 spiro atoms. The first-order chi connectivity index (χ1) is 12.7. The molecule has 1 N–H and O–H groups in total. The molecule has 0 aliphatic rings. The lowest BCUT2D eigenvalue weighted by Crippen LogP contribution is -2.44. The van der Waals surface area contributed by atoms with Gasteiger partial charge in [0.1, 0.15) is 6.54 Å². The number of carbonyl (C=O) groups excluding carboxylic acids is 2. The summed E-state index contributed by atoms with van der Waals surface area (Å²) in [7, 11) is 0. The van der Waals surface area contributed by atoms with Crippen molar-refractivity contribution in [3.8, 4) is 11.3 Å². The molecule has 1 aromatic carbocycles. The SMILES string of the molecule is CCOC(=O)c1c(C)c(-c2ccccc2)n(CC(=O)NC(C)(C)CC)c1C. The molecular formula is C22H30N2O3. The van der Waals surface area contributed by atoms with E-state index in [1.165, 1.54) is 0 Å². The zero-order valence-electron chi connectivity index (χ0n) is 17.2. The Morgan fingerprint density at radius 1 is 1.11 bits per heavy atom. The van der Waals surface area contributed by atoms with E-state index in [1.807, 2.05) is 69.5 Å². The summed E-state index contributed by atoms with van der Waals surface area (Å²) < 4.78 is 7.16. The number of carbonyl (C=O) groups is 2. The van der Waals surface area contributed by atoms with Gasteiger partial charge in [-0.3, -0.25) is 4.79 Å². The van der Waals surface area contributed by atoms with Crippen LogP contribution in [-0.4, -0.2) is 28.6 Å². The number of hydrogen-bond acceptors (Lipinski definition) is 3. The quantitative estimate of drug-likeness (QED) is 0.741. The van der Waals surface area contributed by atoms with Gasteiger partial charge in [-0.2, -0.15) is 0 Å². The second-order valence-electron chi connectivity index (χ2n) is 7.39. The van der Waals surface area contributed by atoms with E-state index in [0.717, 1.165) is 28.9 Å². The molecule has 27 heavy (non-hydrogen) atoms. The fourth-order valence-electron chi connectivity index (χ4n) is 3.21. The van der Waals surface area contributed by atoms with Crippen LogP contribution in [0.4, 0.5) is 0 Å². The summed E-state index contributed by atoms with van der Waals surface area (Å²) in [6.07, 6.45) is 0.835. The van der Waals surface area contributed by atoms with Gasteiger partial charge in [0.15, 0.2) is 0 Å². The molecule has 0 bridgehead atoms. The Hall–Kier alpha value is -2.56. The van der Waals surface area contributed by atoms with Crippen LogP contribution in [0.2, 0.25) is 0 Å². The van der Waals surface area contributed by atoms with Crippen molar-refractivity contribution >= 4 is 11.9 Å². The monoisotopic (exact) mass is 370 g/mol. The fourth-order valence-corrected chi connectivity index (χ4v) is 3.21. The van der Waals surface area contributed by atoms with Gasteiger partial charge in [0, 0.05) is 11.2 Å². The van der Waals surface area contributed by atoms with Crippen LogP contribution in [-0.2, 0) is 16.1 Å². The molecule has 5 heteroatoms. The van der Waals surface area contributed by atoms with Gasteiger partial charge in [0.05, 0.1) is 17.9 Å². The second kappa shape index (κ2) is 8.42. The fraction of sp³-hybridized carbons (Fsp3) is 0.455. The van der Waals surface area contributed by atoms with Crippen molar-refractivity contribution in [3.63, 3.8) is 0 Å². The predicted octanol–water partition coefficient (Wildman–Crippen LogP) is 4.25. The number of esters is 1. The van der Waals surface area contributed by atoms with Gasteiger partial charge < -0.3 is 14.6 Å². The Labute approximate surface area is 161 Å². The molecule has 0 aliphatic heterocycles. The molecule has 0 aliphatic carbocycles. The van der Waals surface area contributed by atoms with Crippen LogP contribution in [0, 0.1) is 13.8 Å². The molecule has 0 fully saturated rings. The molecule has 5 nitrogen and oxygen atoms in total. The number of aromatic nitrogens is 1. The van der Waals surface area contributed by atoms with Crippen LogP contribution in [0.1, 0.15) is 55.7 Å². The van der Waals surface area contributed by atoms with Crippen LogP contribution in [0.5, 0.6) is 0 Å². The number of hydrogen-bond donors (Lipinski definition) is 1. The summed E-state index contributed by atoms with van der Waals surface area (Å²) in [5.74, 6) is -0.426. The van der Waals surface area contributed by atoms with Crippen molar-refractivity contribution in [1.29, 1.82) is 0 Å². The minimum Gasteiger partial charge on any atom is -0.462 e. The van der Waals surface area contributed by atoms with E-state index in [1.54, 1.807) is 6.92 Å². The van der Waals surface area contributed by atoms with Gasteiger partial charge in [-0.25, -0.2) is 4.79 Å². The highest BCUT2D eigenvalue weighted by Crippen LogP contribution is 2.31. The lowest BCUT2D eigenvalue weighted by Gasteiger charge is -2.25. The van der Waals surface area contributed by atoms with E-state index in [4.69, 9.17) is 4.74 Å². The Kier molecular flexibility index (Phi) is 6.47. The second-order valence-corrected chi connectivity index (χ2v) is 7.39. The highest BCUT2D eigenvalue weighted by atomic mass is 16.5. The van der Waals surface area contributed by atoms with Crippen molar-refractivity contribution in [3.05, 3.63) is 47.2 Å². The Bertz CT molecular complexity index is 820. The number of amides is 1. The maximum Gasteiger partial charge on any atom is 0.340 e. The van der Waals surface area contributed by atoms with Gasteiger partial charge in [0.2, 0.25) is 5.91 Å². The molecule has 0 saturated heterocycles. The summed E-state index contributed by atoms with van der Waals surface area (Å²) >= 11 is 0. The molecule has 0 saturated carbocycles. The first-order valence-corrected chi connectivity index (χ1v) is 9.45. The van der Waals surface area contributed by atoms with Crippen LogP contribution >= 0.6 is 0 Å². The van der Waals surface area contributed by atoms with Crippen molar-refractivity contribution in [1.82, 2.24) is 9.88 Å². The van der Waals surface area contributed by atoms with E-state index in [2.05, 4.69) is 5.32 Å². The molecule has 0 unspecified atom stereocenters. The molecule has 1 aromatic heterocycles. The predicted molar refractivity (Wildman–Crippen MR) is 108 cm³/mol. The zero-order chi connectivity index (χ0) is 20.2.